The van der Waals surface area contributed by atoms with Crippen LogP contribution in [0.15, 0.2) is 0 Å². The van der Waals surface area contributed by atoms with Crippen LogP contribution >= 0.6 is 24.8 Å². The standard InChI is InChI=1S/C8H16N2O2.C5H13N3.2ClH/c1-8(2,3)12-7(11)10-4-6(9)5-10;1-7-2-4-8(6)5-3-7;;/h6H,4-5,9H2,1-3H3;2-6H2,1H3;2*1H. The fraction of sp³-hybridized carbons (Fsp3) is 0.923. The van der Waals surface area contributed by atoms with Gasteiger partial charge in [0.25, 0.3) is 0 Å². The van der Waals surface area contributed by atoms with Gasteiger partial charge in [-0.3, -0.25) is 5.84 Å². The maximum absolute atomic E-state index is 11.2. The highest BCUT2D eigenvalue weighted by Crippen LogP contribution is 2.13. The van der Waals surface area contributed by atoms with E-state index in [1.165, 1.54) is 0 Å². The van der Waals surface area contributed by atoms with E-state index in [-0.39, 0.29) is 36.9 Å². The molecule has 0 unspecified atom stereocenters. The molecule has 0 atom stereocenters. The lowest BCUT2D eigenvalue weighted by atomic mass is 10.1. The summed E-state index contributed by atoms with van der Waals surface area (Å²) in [6, 6.07) is 0.137. The van der Waals surface area contributed by atoms with Gasteiger partial charge in [0.15, 0.2) is 0 Å². The molecule has 0 spiro atoms. The number of amides is 1. The number of piperazine rings is 1. The first kappa shape index (κ1) is 23.9. The summed E-state index contributed by atoms with van der Waals surface area (Å²) in [4.78, 5) is 15.1. The minimum absolute atomic E-state index is 0. The molecule has 2 heterocycles. The summed E-state index contributed by atoms with van der Waals surface area (Å²) in [5.41, 5.74) is 5.12. The first-order chi connectivity index (χ1) is 9.17. The van der Waals surface area contributed by atoms with Crippen molar-refractivity contribution in [2.24, 2.45) is 11.6 Å². The number of hydrazine groups is 1. The summed E-state index contributed by atoms with van der Waals surface area (Å²) in [5.74, 6) is 5.50. The minimum atomic E-state index is -0.406. The number of carbonyl (C=O) groups excluding carboxylic acids is 1. The molecule has 0 aromatic heterocycles. The third-order valence-corrected chi connectivity index (χ3v) is 3.10. The van der Waals surface area contributed by atoms with E-state index in [9.17, 15) is 4.79 Å². The van der Waals surface area contributed by atoms with Gasteiger partial charge in [0, 0.05) is 45.3 Å². The average molecular weight is 360 g/mol. The molecule has 2 rings (SSSR count). The second-order valence-electron chi connectivity index (χ2n) is 6.48. The van der Waals surface area contributed by atoms with Gasteiger partial charge in [-0.15, -0.1) is 24.8 Å². The van der Waals surface area contributed by atoms with Crippen molar-refractivity contribution in [3.63, 3.8) is 0 Å². The van der Waals surface area contributed by atoms with Gasteiger partial charge in [-0.1, -0.05) is 0 Å². The van der Waals surface area contributed by atoms with Crippen LogP contribution in [0.2, 0.25) is 0 Å². The maximum atomic E-state index is 11.2. The Balaban J connectivity index is 0. The number of likely N-dealkylation sites (tertiary alicyclic amines) is 1. The van der Waals surface area contributed by atoms with Gasteiger partial charge in [-0.25, -0.2) is 9.80 Å². The molecule has 7 nitrogen and oxygen atoms in total. The zero-order valence-electron chi connectivity index (χ0n) is 13.9. The van der Waals surface area contributed by atoms with E-state index in [1.807, 2.05) is 25.8 Å². The summed E-state index contributed by atoms with van der Waals surface area (Å²) < 4.78 is 5.12. The Morgan fingerprint density at radius 3 is 1.86 bits per heavy atom. The van der Waals surface area contributed by atoms with Crippen LogP contribution in [-0.4, -0.2) is 78.9 Å². The van der Waals surface area contributed by atoms with Crippen molar-refractivity contribution in [3.8, 4) is 0 Å². The molecule has 134 valence electrons. The number of hydrogen-bond acceptors (Lipinski definition) is 6. The molecule has 0 aromatic carbocycles. The van der Waals surface area contributed by atoms with E-state index >= 15 is 0 Å². The zero-order chi connectivity index (χ0) is 15.3. The Bertz CT molecular complexity index is 304. The Morgan fingerprint density at radius 1 is 1.09 bits per heavy atom. The Hall–Kier alpha value is -0.310. The van der Waals surface area contributed by atoms with E-state index in [2.05, 4.69) is 11.9 Å². The second kappa shape index (κ2) is 10.5. The number of rotatable bonds is 0. The Kier molecular flexibility index (Phi) is 11.4. The van der Waals surface area contributed by atoms with Gasteiger partial charge in [0.05, 0.1) is 0 Å². The van der Waals surface area contributed by atoms with E-state index < -0.39 is 5.60 Å². The van der Waals surface area contributed by atoms with E-state index in [0.717, 1.165) is 26.2 Å². The van der Waals surface area contributed by atoms with Crippen molar-refractivity contribution < 1.29 is 9.53 Å². The van der Waals surface area contributed by atoms with E-state index in [1.54, 1.807) is 4.90 Å². The maximum Gasteiger partial charge on any atom is 0.410 e. The summed E-state index contributed by atoms with van der Waals surface area (Å²) in [7, 11) is 2.12. The molecule has 1 amide bonds. The number of nitrogens with zero attached hydrogens (tertiary/aromatic N) is 3. The third-order valence-electron chi connectivity index (χ3n) is 3.10. The van der Waals surface area contributed by atoms with Crippen molar-refractivity contribution in [2.45, 2.75) is 32.4 Å². The van der Waals surface area contributed by atoms with Crippen LogP contribution in [0.5, 0.6) is 0 Å². The van der Waals surface area contributed by atoms with Crippen LogP contribution in [0.1, 0.15) is 20.8 Å². The van der Waals surface area contributed by atoms with Crippen molar-refractivity contribution in [2.75, 3.05) is 46.3 Å². The van der Waals surface area contributed by atoms with Crippen LogP contribution in [-0.2, 0) is 4.74 Å². The zero-order valence-corrected chi connectivity index (χ0v) is 15.6. The Labute approximate surface area is 146 Å². The highest BCUT2D eigenvalue weighted by Gasteiger charge is 2.31. The van der Waals surface area contributed by atoms with Gasteiger partial charge in [0.2, 0.25) is 0 Å². The van der Waals surface area contributed by atoms with E-state index in [4.69, 9.17) is 16.3 Å². The SMILES string of the molecule is CC(C)(C)OC(=O)N1CC(N)C1.CN1CCN(N)CC1.Cl.Cl. The summed E-state index contributed by atoms with van der Waals surface area (Å²) >= 11 is 0. The van der Waals surface area contributed by atoms with Crippen molar-refractivity contribution >= 4 is 30.9 Å². The molecule has 2 aliphatic rings. The lowest BCUT2D eigenvalue weighted by molar-refractivity contribution is 0.00884. The molecule has 22 heavy (non-hydrogen) atoms. The van der Waals surface area contributed by atoms with Crippen LogP contribution in [0, 0.1) is 0 Å². The van der Waals surface area contributed by atoms with E-state index in [0.29, 0.717) is 13.1 Å². The first-order valence-corrected chi connectivity index (χ1v) is 7.09. The van der Waals surface area contributed by atoms with Gasteiger partial charge >= 0.3 is 6.09 Å². The molecule has 0 bridgehead atoms. The van der Waals surface area contributed by atoms with Gasteiger partial charge in [0.1, 0.15) is 5.60 Å². The molecule has 9 heteroatoms. The van der Waals surface area contributed by atoms with Gasteiger partial charge in [-0.2, -0.15) is 0 Å². The fourth-order valence-electron chi connectivity index (χ4n) is 1.81. The molecule has 0 aromatic rings. The molecule has 2 aliphatic heterocycles. The highest BCUT2D eigenvalue weighted by molar-refractivity contribution is 5.85. The number of halogens is 2. The van der Waals surface area contributed by atoms with Gasteiger partial charge in [-0.05, 0) is 27.8 Å². The second-order valence-corrected chi connectivity index (χ2v) is 6.48. The van der Waals surface area contributed by atoms with Crippen molar-refractivity contribution in [1.82, 2.24) is 14.8 Å². The fourth-order valence-corrected chi connectivity index (χ4v) is 1.81. The summed E-state index contributed by atoms with van der Waals surface area (Å²) in [5, 5.41) is 1.86. The van der Waals surface area contributed by atoms with Crippen molar-refractivity contribution in [3.05, 3.63) is 0 Å². The molecular formula is C13H31Cl2N5O2. The smallest absolute Gasteiger partial charge is 0.410 e. The van der Waals surface area contributed by atoms with Crippen LogP contribution < -0.4 is 11.6 Å². The minimum Gasteiger partial charge on any atom is -0.444 e. The van der Waals surface area contributed by atoms with Gasteiger partial charge < -0.3 is 20.3 Å². The number of likely N-dealkylation sites (N-methyl/N-ethyl adjacent to an activating group) is 1. The molecule has 0 saturated carbocycles. The monoisotopic (exact) mass is 359 g/mol. The third kappa shape index (κ3) is 9.66. The predicted molar refractivity (Wildman–Crippen MR) is 93.5 cm³/mol. The summed E-state index contributed by atoms with van der Waals surface area (Å²) in [6.45, 7) is 11.0. The normalized spacial score (nSPS) is 19.8. The number of carbonyl (C=O) groups is 1. The molecule has 4 N–H and O–H groups in total. The predicted octanol–water partition coefficient (Wildman–Crippen LogP) is 0.516. The lowest BCUT2D eigenvalue weighted by Crippen LogP contribution is -2.58. The topological polar surface area (TPSA) is 88.1 Å². The van der Waals surface area contributed by atoms with Crippen molar-refractivity contribution in [1.29, 1.82) is 0 Å². The molecule has 2 fully saturated rings. The highest BCUT2D eigenvalue weighted by atomic mass is 35.5. The number of nitrogens with two attached hydrogens (primary N) is 2. The van der Waals surface area contributed by atoms with Crippen LogP contribution in [0.4, 0.5) is 4.79 Å². The van der Waals surface area contributed by atoms with Crippen LogP contribution in [0.3, 0.4) is 0 Å². The quantitative estimate of drug-likeness (QED) is 0.613. The Morgan fingerprint density at radius 2 is 1.55 bits per heavy atom. The molecule has 2 saturated heterocycles. The molecule has 0 radical (unpaired) electrons. The largest absolute Gasteiger partial charge is 0.444 e. The lowest BCUT2D eigenvalue weighted by Gasteiger charge is -2.37. The molecular weight excluding hydrogens is 329 g/mol. The number of ether oxygens (including phenoxy) is 1. The average Bonchev–Trinajstić information content (AvgIpc) is 2.27. The van der Waals surface area contributed by atoms with Crippen LogP contribution in [0.25, 0.3) is 0 Å². The first-order valence-electron chi connectivity index (χ1n) is 7.09. The summed E-state index contributed by atoms with van der Waals surface area (Å²) in [6.07, 6.45) is -0.260. The number of hydrogen-bond donors (Lipinski definition) is 2. The molecule has 0 aliphatic carbocycles.